The zero-order valence-corrected chi connectivity index (χ0v) is 16.0. The molecule has 2 rings (SSSR count). The zero-order chi connectivity index (χ0) is 22.6. The molecule has 0 aromatic heterocycles. The number of carbonyl (C=O) groups excluding carboxylic acids is 2. The second-order valence-corrected chi connectivity index (χ2v) is 7.06. The molecule has 0 saturated carbocycles. The van der Waals surface area contributed by atoms with Crippen molar-refractivity contribution in [2.75, 3.05) is 13.2 Å². The summed E-state index contributed by atoms with van der Waals surface area (Å²) in [6, 6.07) is 0. The fraction of sp³-hybridized carbons (Fsp3) is 0.765. The van der Waals surface area contributed by atoms with Gasteiger partial charge in [-0.2, -0.15) is 0 Å². The van der Waals surface area contributed by atoms with Crippen LogP contribution in [0.1, 0.15) is 19.8 Å². The van der Waals surface area contributed by atoms with Gasteiger partial charge >= 0.3 is 11.9 Å². The van der Waals surface area contributed by atoms with E-state index in [1.807, 2.05) is 0 Å². The summed E-state index contributed by atoms with van der Waals surface area (Å²) in [5.74, 6) is -3.45. The summed E-state index contributed by atoms with van der Waals surface area (Å²) < 4.78 is 19.6. The standard InChI is InChI=1S/C17H26O13/c1-6(15-12(22)14(24)17(26)30-15)4-27-8(18)2-3-9(19)28-5-7-10(20)11(21)13(23)16(25)29-7/h6-7,10-11,13,15-17,20-26H,2-5H2,1H3. The first-order valence-electron chi connectivity index (χ1n) is 9.17. The van der Waals surface area contributed by atoms with Crippen molar-refractivity contribution >= 4 is 11.9 Å². The predicted octanol–water partition coefficient (Wildman–Crippen LogP) is -2.67. The molecule has 13 heteroatoms. The lowest BCUT2D eigenvalue weighted by atomic mass is 9.99. The second-order valence-electron chi connectivity index (χ2n) is 7.06. The molecule has 0 aromatic rings. The van der Waals surface area contributed by atoms with Crippen LogP contribution in [-0.4, -0.2) is 104 Å². The maximum absolute atomic E-state index is 11.8. The van der Waals surface area contributed by atoms with Gasteiger partial charge in [-0.1, -0.05) is 6.92 Å². The van der Waals surface area contributed by atoms with E-state index >= 15 is 0 Å². The van der Waals surface area contributed by atoms with Crippen LogP contribution in [0.5, 0.6) is 0 Å². The van der Waals surface area contributed by atoms with Gasteiger partial charge in [-0.15, -0.1) is 0 Å². The molecule has 0 radical (unpaired) electrons. The first-order chi connectivity index (χ1) is 14.0. The fourth-order valence-corrected chi connectivity index (χ4v) is 2.85. The highest BCUT2D eigenvalue weighted by Crippen LogP contribution is 2.27. The number of esters is 2. The Morgan fingerprint density at radius 1 is 0.900 bits per heavy atom. The van der Waals surface area contributed by atoms with Crippen LogP contribution in [-0.2, 0) is 28.5 Å². The number of ether oxygens (including phenoxy) is 4. The Balaban J connectivity index is 1.67. The number of rotatable bonds is 8. The molecule has 172 valence electrons. The van der Waals surface area contributed by atoms with Crippen molar-refractivity contribution in [1.29, 1.82) is 0 Å². The Hall–Kier alpha value is -2.00. The van der Waals surface area contributed by atoms with Gasteiger partial charge in [0, 0.05) is 5.92 Å². The van der Waals surface area contributed by atoms with E-state index < -0.39 is 79.1 Å². The molecule has 0 bridgehead atoms. The monoisotopic (exact) mass is 438 g/mol. The van der Waals surface area contributed by atoms with Crippen molar-refractivity contribution in [3.05, 3.63) is 11.5 Å². The molecule has 2 aliphatic rings. The van der Waals surface area contributed by atoms with Crippen molar-refractivity contribution in [1.82, 2.24) is 0 Å². The van der Waals surface area contributed by atoms with Crippen molar-refractivity contribution < 1.29 is 64.3 Å². The average Bonchev–Trinajstić information content (AvgIpc) is 2.97. The molecular formula is C17H26O13. The van der Waals surface area contributed by atoms with Crippen LogP contribution < -0.4 is 0 Å². The minimum atomic E-state index is -1.76. The van der Waals surface area contributed by atoms with Gasteiger partial charge in [-0.25, -0.2) is 0 Å². The molecule has 0 aliphatic carbocycles. The lowest BCUT2D eigenvalue weighted by Gasteiger charge is -2.37. The van der Waals surface area contributed by atoms with Gasteiger partial charge in [-0.05, 0) is 0 Å². The summed E-state index contributed by atoms with van der Waals surface area (Å²) >= 11 is 0. The molecule has 0 amide bonds. The third-order valence-corrected chi connectivity index (χ3v) is 4.69. The lowest BCUT2D eigenvalue weighted by Crippen LogP contribution is -2.58. The van der Waals surface area contributed by atoms with E-state index in [1.54, 1.807) is 6.92 Å². The van der Waals surface area contributed by atoms with Crippen molar-refractivity contribution in [3.8, 4) is 0 Å². The van der Waals surface area contributed by atoms with Gasteiger partial charge in [0.15, 0.2) is 17.8 Å². The van der Waals surface area contributed by atoms with E-state index in [4.69, 9.17) is 18.9 Å². The quantitative estimate of drug-likeness (QED) is 0.193. The number of aliphatic hydroxyl groups excluding tert-OH is 7. The normalized spacial score (nSPS) is 35.2. The summed E-state index contributed by atoms with van der Waals surface area (Å²) in [5.41, 5.74) is 0. The van der Waals surface area contributed by atoms with Crippen molar-refractivity contribution in [2.45, 2.75) is 62.9 Å². The van der Waals surface area contributed by atoms with E-state index in [0.717, 1.165) is 0 Å². The second kappa shape index (κ2) is 10.3. The van der Waals surface area contributed by atoms with Crippen LogP contribution in [0.3, 0.4) is 0 Å². The third kappa shape index (κ3) is 5.78. The molecule has 0 aromatic carbocycles. The minimum absolute atomic E-state index is 0.219. The molecule has 1 saturated heterocycles. The first kappa shape index (κ1) is 24.3. The van der Waals surface area contributed by atoms with E-state index in [2.05, 4.69) is 0 Å². The summed E-state index contributed by atoms with van der Waals surface area (Å²) in [5, 5.41) is 66.4. The van der Waals surface area contributed by atoms with Gasteiger partial charge in [0.05, 0.1) is 19.4 Å². The lowest BCUT2D eigenvalue weighted by molar-refractivity contribution is -0.287. The molecule has 13 nitrogen and oxygen atoms in total. The molecule has 1 fully saturated rings. The van der Waals surface area contributed by atoms with Crippen LogP contribution in [0.15, 0.2) is 11.5 Å². The molecule has 2 aliphatic heterocycles. The largest absolute Gasteiger partial charge is 0.506 e. The van der Waals surface area contributed by atoms with Gasteiger partial charge in [0.1, 0.15) is 37.1 Å². The highest BCUT2D eigenvalue weighted by Gasteiger charge is 2.43. The Labute approximate surface area is 170 Å². The number of hydrogen-bond acceptors (Lipinski definition) is 13. The van der Waals surface area contributed by atoms with E-state index in [9.17, 15) is 45.3 Å². The zero-order valence-electron chi connectivity index (χ0n) is 16.0. The van der Waals surface area contributed by atoms with Gasteiger partial charge in [0.2, 0.25) is 6.29 Å². The molecule has 7 N–H and O–H groups in total. The van der Waals surface area contributed by atoms with Crippen LogP contribution >= 0.6 is 0 Å². The van der Waals surface area contributed by atoms with E-state index in [0.29, 0.717) is 0 Å². The molecule has 2 heterocycles. The van der Waals surface area contributed by atoms with Crippen LogP contribution in [0.4, 0.5) is 0 Å². The SMILES string of the molecule is CC(COC(=O)CCC(=O)OCC1OC(O)C(O)C(O)C1O)C1OC(O)C(O)=C1O. The number of aliphatic hydroxyl groups is 7. The first-order valence-corrected chi connectivity index (χ1v) is 9.17. The highest BCUT2D eigenvalue weighted by molar-refractivity contribution is 5.77. The van der Waals surface area contributed by atoms with Crippen LogP contribution in [0.25, 0.3) is 0 Å². The van der Waals surface area contributed by atoms with Crippen molar-refractivity contribution in [2.24, 2.45) is 5.92 Å². The molecular weight excluding hydrogens is 412 g/mol. The Morgan fingerprint density at radius 2 is 1.50 bits per heavy atom. The van der Waals surface area contributed by atoms with Crippen molar-refractivity contribution in [3.63, 3.8) is 0 Å². The predicted molar refractivity (Wildman–Crippen MR) is 92.4 cm³/mol. The number of hydrogen-bond donors (Lipinski definition) is 7. The van der Waals surface area contributed by atoms with E-state index in [1.165, 1.54) is 0 Å². The van der Waals surface area contributed by atoms with Gasteiger partial charge in [-0.3, -0.25) is 9.59 Å². The van der Waals surface area contributed by atoms with Gasteiger partial charge in [0.25, 0.3) is 0 Å². The maximum atomic E-state index is 11.8. The fourth-order valence-electron chi connectivity index (χ4n) is 2.85. The summed E-state index contributed by atoms with van der Waals surface area (Å²) in [4.78, 5) is 23.5. The highest BCUT2D eigenvalue weighted by atomic mass is 16.7. The minimum Gasteiger partial charge on any atom is -0.506 e. The summed E-state index contributed by atoms with van der Waals surface area (Å²) in [6.45, 7) is 0.801. The maximum Gasteiger partial charge on any atom is 0.306 e. The topological polar surface area (TPSA) is 213 Å². The van der Waals surface area contributed by atoms with Gasteiger partial charge < -0.3 is 54.7 Å². The average molecular weight is 438 g/mol. The van der Waals surface area contributed by atoms with E-state index in [-0.39, 0.29) is 19.4 Å². The summed E-state index contributed by atoms with van der Waals surface area (Å²) in [7, 11) is 0. The molecule has 30 heavy (non-hydrogen) atoms. The molecule has 8 unspecified atom stereocenters. The Bertz CT molecular complexity index is 650. The third-order valence-electron chi connectivity index (χ3n) is 4.69. The molecule has 8 atom stereocenters. The summed E-state index contributed by atoms with van der Waals surface area (Å²) in [6.07, 6.45) is -11.4. The Kier molecular flexibility index (Phi) is 8.37. The molecule has 0 spiro atoms. The van der Waals surface area contributed by atoms with Crippen LogP contribution in [0, 0.1) is 5.92 Å². The number of carbonyl (C=O) groups is 2. The Morgan fingerprint density at radius 3 is 2.07 bits per heavy atom. The van der Waals surface area contributed by atoms with Crippen LogP contribution in [0.2, 0.25) is 0 Å². The smallest absolute Gasteiger partial charge is 0.306 e.